The fraction of sp³-hybridized carbons (Fsp3) is 0.500. The summed E-state index contributed by atoms with van der Waals surface area (Å²) in [6, 6.07) is 3.19. The molecule has 0 radical (unpaired) electrons. The third kappa shape index (κ3) is 4.22. The van der Waals surface area contributed by atoms with E-state index in [2.05, 4.69) is 20.3 Å². The van der Waals surface area contributed by atoms with E-state index < -0.39 is 18.6 Å². The molecule has 9 heteroatoms. The zero-order chi connectivity index (χ0) is 18.0. The zero-order valence-corrected chi connectivity index (χ0v) is 13.4. The number of rotatable bonds is 4. The number of alkyl halides is 3. The molecule has 2 aromatic heterocycles. The van der Waals surface area contributed by atoms with Crippen molar-refractivity contribution in [2.75, 3.05) is 6.54 Å². The number of nitrogens with two attached hydrogens (primary N) is 1. The van der Waals surface area contributed by atoms with Crippen LogP contribution in [0.2, 0.25) is 0 Å². The summed E-state index contributed by atoms with van der Waals surface area (Å²) in [5, 5.41) is 3.04. The highest BCUT2D eigenvalue weighted by molar-refractivity contribution is 6.02. The van der Waals surface area contributed by atoms with Crippen LogP contribution in [0.4, 0.5) is 13.2 Å². The predicted molar refractivity (Wildman–Crippen MR) is 84.9 cm³/mol. The first-order valence-corrected chi connectivity index (χ1v) is 8.06. The summed E-state index contributed by atoms with van der Waals surface area (Å²) in [6.07, 6.45) is -0.160. The molecule has 2 heterocycles. The van der Waals surface area contributed by atoms with Crippen molar-refractivity contribution in [3.8, 4) is 0 Å². The molecule has 1 saturated carbocycles. The Morgan fingerprint density at radius 2 is 1.96 bits per heavy atom. The molecule has 134 valence electrons. The van der Waals surface area contributed by atoms with Crippen molar-refractivity contribution in [3.63, 3.8) is 0 Å². The van der Waals surface area contributed by atoms with Crippen molar-refractivity contribution in [1.82, 2.24) is 20.3 Å². The van der Waals surface area contributed by atoms with E-state index in [1.807, 2.05) is 0 Å². The van der Waals surface area contributed by atoms with Crippen LogP contribution in [0.15, 0.2) is 18.3 Å². The molecule has 0 spiro atoms. The number of nitrogens with zero attached hydrogens (tertiary/aromatic N) is 3. The Balaban J connectivity index is 1.74. The lowest BCUT2D eigenvalue weighted by Crippen LogP contribution is -2.39. The maximum Gasteiger partial charge on any atom is 0.401 e. The molecule has 0 atom stereocenters. The van der Waals surface area contributed by atoms with Crippen LogP contribution >= 0.6 is 0 Å². The number of fused-ring (bicyclic) bond motifs is 1. The van der Waals surface area contributed by atoms with Gasteiger partial charge in [0.25, 0.3) is 5.91 Å². The van der Waals surface area contributed by atoms with E-state index >= 15 is 0 Å². The number of aromatic nitrogens is 3. The minimum absolute atomic E-state index is 0.0200. The molecule has 1 fully saturated rings. The molecule has 1 aliphatic rings. The highest BCUT2D eigenvalue weighted by atomic mass is 19.4. The Kier molecular flexibility index (Phi) is 4.85. The molecule has 0 aliphatic heterocycles. The van der Waals surface area contributed by atoms with Gasteiger partial charge in [0, 0.05) is 18.2 Å². The molecule has 0 bridgehead atoms. The van der Waals surface area contributed by atoms with E-state index in [4.69, 9.17) is 5.73 Å². The van der Waals surface area contributed by atoms with E-state index in [1.54, 1.807) is 18.3 Å². The van der Waals surface area contributed by atoms with Crippen molar-refractivity contribution in [3.05, 3.63) is 29.8 Å². The van der Waals surface area contributed by atoms with Gasteiger partial charge < -0.3 is 11.1 Å². The number of halogens is 3. The minimum Gasteiger partial charge on any atom is -0.364 e. The first-order chi connectivity index (χ1) is 11.8. The molecule has 1 aliphatic carbocycles. The van der Waals surface area contributed by atoms with E-state index in [1.165, 1.54) is 0 Å². The first kappa shape index (κ1) is 17.5. The smallest absolute Gasteiger partial charge is 0.364 e. The zero-order valence-electron chi connectivity index (χ0n) is 13.4. The monoisotopic (exact) mass is 353 g/mol. The van der Waals surface area contributed by atoms with Gasteiger partial charge in [0.05, 0.1) is 11.9 Å². The average Bonchev–Trinajstić information content (AvgIpc) is 2.58. The average molecular weight is 353 g/mol. The van der Waals surface area contributed by atoms with Gasteiger partial charge in [0.1, 0.15) is 11.5 Å². The molecule has 0 unspecified atom stereocenters. The molecule has 1 amide bonds. The summed E-state index contributed by atoms with van der Waals surface area (Å²) in [5.74, 6) is -0.190. The van der Waals surface area contributed by atoms with Crippen LogP contribution in [0, 0.1) is 0 Å². The lowest BCUT2D eigenvalue weighted by atomic mass is 9.85. The molecule has 0 aromatic carbocycles. The second-order valence-corrected chi connectivity index (χ2v) is 6.21. The standard InChI is InChI=1S/C16H18F3N5O/c17-16(18,19)8-22-10-5-3-9(4-6-10)14-23-12(13(20)25)11-2-1-7-21-15(11)24-14/h1-2,7,9-10,22H,3-6,8H2,(H2,20,25). The maximum absolute atomic E-state index is 12.3. The van der Waals surface area contributed by atoms with Crippen LogP contribution in [-0.2, 0) is 0 Å². The van der Waals surface area contributed by atoms with Gasteiger partial charge in [-0.05, 0) is 37.8 Å². The van der Waals surface area contributed by atoms with Crippen LogP contribution in [0.25, 0.3) is 11.0 Å². The maximum atomic E-state index is 12.3. The summed E-state index contributed by atoms with van der Waals surface area (Å²) in [4.78, 5) is 24.6. The number of amides is 1. The summed E-state index contributed by atoms with van der Waals surface area (Å²) in [5.41, 5.74) is 5.94. The Morgan fingerprint density at radius 3 is 2.60 bits per heavy atom. The molecular weight excluding hydrogens is 335 g/mol. The number of hydrogen-bond donors (Lipinski definition) is 2. The molecular formula is C16H18F3N5O. The van der Waals surface area contributed by atoms with Gasteiger partial charge in [-0.3, -0.25) is 4.79 Å². The van der Waals surface area contributed by atoms with Gasteiger partial charge in [-0.15, -0.1) is 0 Å². The van der Waals surface area contributed by atoms with Gasteiger partial charge >= 0.3 is 6.18 Å². The summed E-state index contributed by atoms with van der Waals surface area (Å²) in [7, 11) is 0. The number of primary amides is 1. The molecule has 2 aromatic rings. The van der Waals surface area contributed by atoms with Crippen LogP contribution < -0.4 is 11.1 Å². The largest absolute Gasteiger partial charge is 0.401 e. The van der Waals surface area contributed by atoms with Crippen LogP contribution in [-0.4, -0.2) is 39.6 Å². The Morgan fingerprint density at radius 1 is 1.24 bits per heavy atom. The second-order valence-electron chi connectivity index (χ2n) is 6.21. The fourth-order valence-electron chi connectivity index (χ4n) is 3.17. The highest BCUT2D eigenvalue weighted by Crippen LogP contribution is 2.32. The van der Waals surface area contributed by atoms with Gasteiger partial charge in [-0.25, -0.2) is 15.0 Å². The van der Waals surface area contributed by atoms with Crippen molar-refractivity contribution < 1.29 is 18.0 Å². The van der Waals surface area contributed by atoms with E-state index in [0.29, 0.717) is 42.5 Å². The van der Waals surface area contributed by atoms with Gasteiger partial charge in [0.2, 0.25) is 0 Å². The topological polar surface area (TPSA) is 93.8 Å². The number of carbonyl (C=O) groups is 1. The second kappa shape index (κ2) is 6.91. The Labute approximate surface area is 142 Å². The molecule has 0 saturated heterocycles. The number of hydrogen-bond acceptors (Lipinski definition) is 5. The van der Waals surface area contributed by atoms with Gasteiger partial charge in [-0.1, -0.05) is 0 Å². The normalized spacial score (nSPS) is 21.4. The van der Waals surface area contributed by atoms with Crippen molar-refractivity contribution in [2.24, 2.45) is 5.73 Å². The van der Waals surface area contributed by atoms with Crippen molar-refractivity contribution >= 4 is 16.9 Å². The van der Waals surface area contributed by atoms with Crippen LogP contribution in [0.5, 0.6) is 0 Å². The van der Waals surface area contributed by atoms with Crippen LogP contribution in [0.1, 0.15) is 47.9 Å². The number of carbonyl (C=O) groups excluding carboxylic acids is 1. The Hall–Kier alpha value is -2.29. The highest BCUT2D eigenvalue weighted by Gasteiger charge is 2.30. The number of pyridine rings is 1. The Bertz CT molecular complexity index is 772. The quantitative estimate of drug-likeness (QED) is 0.880. The van der Waals surface area contributed by atoms with Crippen molar-refractivity contribution in [2.45, 2.75) is 43.8 Å². The predicted octanol–water partition coefficient (Wildman–Crippen LogP) is 2.30. The molecule has 25 heavy (non-hydrogen) atoms. The van der Waals surface area contributed by atoms with Gasteiger partial charge in [0.15, 0.2) is 5.65 Å². The first-order valence-electron chi connectivity index (χ1n) is 8.06. The summed E-state index contributed by atoms with van der Waals surface area (Å²) < 4.78 is 36.9. The van der Waals surface area contributed by atoms with E-state index in [0.717, 1.165) is 0 Å². The van der Waals surface area contributed by atoms with Crippen molar-refractivity contribution in [1.29, 1.82) is 0 Å². The van der Waals surface area contributed by atoms with Crippen LogP contribution in [0.3, 0.4) is 0 Å². The SMILES string of the molecule is NC(=O)c1nc(C2CCC(NCC(F)(F)F)CC2)nc2ncccc12. The van der Waals surface area contributed by atoms with E-state index in [9.17, 15) is 18.0 Å². The lowest BCUT2D eigenvalue weighted by molar-refractivity contribution is -0.126. The van der Waals surface area contributed by atoms with Gasteiger partial charge in [-0.2, -0.15) is 13.2 Å². The summed E-state index contributed by atoms with van der Waals surface area (Å²) >= 11 is 0. The minimum atomic E-state index is -4.21. The fourth-order valence-corrected chi connectivity index (χ4v) is 3.17. The molecule has 3 N–H and O–H groups in total. The molecule has 3 rings (SSSR count). The third-order valence-electron chi connectivity index (χ3n) is 4.41. The third-order valence-corrected chi connectivity index (χ3v) is 4.41. The summed E-state index contributed by atoms with van der Waals surface area (Å²) in [6.45, 7) is -0.982. The lowest BCUT2D eigenvalue weighted by Gasteiger charge is -2.28. The number of nitrogens with one attached hydrogen (secondary N) is 1. The molecule has 6 nitrogen and oxygen atoms in total. The van der Waals surface area contributed by atoms with E-state index in [-0.39, 0.29) is 17.7 Å².